The summed E-state index contributed by atoms with van der Waals surface area (Å²) >= 11 is 0. The van der Waals surface area contributed by atoms with Crippen molar-refractivity contribution in [2.45, 2.75) is 20.5 Å². The summed E-state index contributed by atoms with van der Waals surface area (Å²) < 4.78 is 5.59. The number of hydrogen-bond donors (Lipinski definition) is 0. The predicted molar refractivity (Wildman–Crippen MR) is 72.0 cm³/mol. The number of rotatable bonds is 5. The molecule has 0 unspecified atom stereocenters. The molecule has 0 radical (unpaired) electrons. The van der Waals surface area contributed by atoms with Crippen molar-refractivity contribution in [2.24, 2.45) is 5.92 Å². The highest BCUT2D eigenvalue weighted by Gasteiger charge is 2.01. The monoisotopic (exact) mass is 242 g/mol. The van der Waals surface area contributed by atoms with Crippen molar-refractivity contribution < 1.29 is 4.74 Å². The first-order chi connectivity index (χ1) is 8.75. The largest absolute Gasteiger partial charge is 0.375 e. The molecule has 0 fully saturated rings. The lowest BCUT2D eigenvalue weighted by Gasteiger charge is -2.07. The Kier molecular flexibility index (Phi) is 4.42. The van der Waals surface area contributed by atoms with E-state index in [4.69, 9.17) is 4.74 Å². The molecule has 0 aliphatic heterocycles. The molecule has 0 amide bonds. The molecule has 0 atom stereocenters. The maximum absolute atomic E-state index is 5.59. The highest BCUT2D eigenvalue weighted by molar-refractivity contribution is 5.57. The minimum absolute atomic E-state index is 0.548. The van der Waals surface area contributed by atoms with Gasteiger partial charge in [-0.2, -0.15) is 0 Å². The molecule has 2 rings (SSSR count). The van der Waals surface area contributed by atoms with Crippen LogP contribution in [0, 0.1) is 5.92 Å². The van der Waals surface area contributed by atoms with Crippen LogP contribution in [0.25, 0.3) is 11.3 Å². The van der Waals surface area contributed by atoms with Crippen LogP contribution in [-0.2, 0) is 11.3 Å². The standard InChI is InChI=1S/C15H18N2O/c1-12(2)10-18-11-14-6-3-7-15(17-14)13-5-4-8-16-9-13/h3-9,12H,10-11H2,1-2H3. The summed E-state index contributed by atoms with van der Waals surface area (Å²) in [4.78, 5) is 8.68. The molecule has 0 aliphatic carbocycles. The summed E-state index contributed by atoms with van der Waals surface area (Å²) in [6.07, 6.45) is 3.58. The zero-order valence-corrected chi connectivity index (χ0v) is 10.8. The Balaban J connectivity index is 2.06. The highest BCUT2D eigenvalue weighted by Crippen LogP contribution is 2.15. The van der Waals surface area contributed by atoms with E-state index in [1.54, 1.807) is 6.20 Å². The van der Waals surface area contributed by atoms with Crippen LogP contribution in [-0.4, -0.2) is 16.6 Å². The lowest BCUT2D eigenvalue weighted by atomic mass is 10.2. The first kappa shape index (κ1) is 12.7. The van der Waals surface area contributed by atoms with E-state index in [1.165, 1.54) is 0 Å². The molecule has 0 saturated carbocycles. The zero-order valence-electron chi connectivity index (χ0n) is 10.8. The molecule has 94 valence electrons. The van der Waals surface area contributed by atoms with Gasteiger partial charge in [-0.3, -0.25) is 9.97 Å². The van der Waals surface area contributed by atoms with E-state index in [0.717, 1.165) is 23.6 Å². The topological polar surface area (TPSA) is 35.0 Å². The summed E-state index contributed by atoms with van der Waals surface area (Å²) in [5.74, 6) is 0.548. The van der Waals surface area contributed by atoms with Crippen LogP contribution < -0.4 is 0 Å². The molecule has 2 aromatic rings. The Labute approximate surface area is 108 Å². The van der Waals surface area contributed by atoms with Gasteiger partial charge in [-0.1, -0.05) is 19.9 Å². The smallest absolute Gasteiger partial charge is 0.0888 e. The van der Waals surface area contributed by atoms with Crippen molar-refractivity contribution in [3.05, 3.63) is 48.4 Å². The Morgan fingerprint density at radius 2 is 2.06 bits per heavy atom. The van der Waals surface area contributed by atoms with Crippen LogP contribution in [0.15, 0.2) is 42.7 Å². The van der Waals surface area contributed by atoms with Crippen molar-refractivity contribution in [1.82, 2.24) is 9.97 Å². The van der Waals surface area contributed by atoms with Gasteiger partial charge in [-0.15, -0.1) is 0 Å². The average Bonchev–Trinajstić information content (AvgIpc) is 2.40. The summed E-state index contributed by atoms with van der Waals surface area (Å²) in [5.41, 5.74) is 2.92. The molecule has 3 heteroatoms. The van der Waals surface area contributed by atoms with Gasteiger partial charge in [0.1, 0.15) is 0 Å². The SMILES string of the molecule is CC(C)COCc1cccc(-c2cccnc2)n1. The summed E-state index contributed by atoms with van der Waals surface area (Å²) in [6.45, 7) is 5.60. The van der Waals surface area contributed by atoms with Crippen molar-refractivity contribution in [1.29, 1.82) is 0 Å². The molecule has 2 aromatic heterocycles. The molecule has 18 heavy (non-hydrogen) atoms. The van der Waals surface area contributed by atoms with E-state index >= 15 is 0 Å². The van der Waals surface area contributed by atoms with Gasteiger partial charge in [0.05, 0.1) is 18.0 Å². The normalized spacial score (nSPS) is 10.8. The quantitative estimate of drug-likeness (QED) is 0.806. The van der Waals surface area contributed by atoms with E-state index in [9.17, 15) is 0 Å². The number of pyridine rings is 2. The van der Waals surface area contributed by atoms with Crippen LogP contribution in [0.3, 0.4) is 0 Å². The summed E-state index contributed by atoms with van der Waals surface area (Å²) in [5, 5.41) is 0. The Morgan fingerprint density at radius 1 is 1.17 bits per heavy atom. The first-order valence-electron chi connectivity index (χ1n) is 6.20. The first-order valence-corrected chi connectivity index (χ1v) is 6.20. The summed E-state index contributed by atoms with van der Waals surface area (Å²) in [7, 11) is 0. The van der Waals surface area contributed by atoms with Gasteiger partial charge >= 0.3 is 0 Å². The van der Waals surface area contributed by atoms with Gasteiger partial charge in [-0.25, -0.2) is 0 Å². The van der Waals surface area contributed by atoms with E-state index in [1.807, 2.05) is 36.5 Å². The molecule has 0 spiro atoms. The molecule has 0 N–H and O–H groups in total. The van der Waals surface area contributed by atoms with Crippen molar-refractivity contribution in [3.8, 4) is 11.3 Å². The molecular weight excluding hydrogens is 224 g/mol. The van der Waals surface area contributed by atoms with Crippen LogP contribution in [0.1, 0.15) is 19.5 Å². The maximum Gasteiger partial charge on any atom is 0.0888 e. The Bertz CT molecular complexity index is 483. The second-order valence-corrected chi connectivity index (χ2v) is 4.66. The highest BCUT2D eigenvalue weighted by atomic mass is 16.5. The van der Waals surface area contributed by atoms with Crippen LogP contribution in [0.5, 0.6) is 0 Å². The minimum Gasteiger partial charge on any atom is -0.375 e. The Morgan fingerprint density at radius 3 is 2.78 bits per heavy atom. The van der Waals surface area contributed by atoms with Gasteiger partial charge in [0, 0.05) is 24.6 Å². The molecule has 0 aromatic carbocycles. The average molecular weight is 242 g/mol. The van der Waals surface area contributed by atoms with Crippen molar-refractivity contribution >= 4 is 0 Å². The predicted octanol–water partition coefficient (Wildman–Crippen LogP) is 3.32. The molecule has 0 aliphatic rings. The van der Waals surface area contributed by atoms with Gasteiger partial charge in [-0.05, 0) is 30.2 Å². The molecule has 0 bridgehead atoms. The number of nitrogens with zero attached hydrogens (tertiary/aromatic N) is 2. The van der Waals surface area contributed by atoms with Gasteiger partial charge in [0.25, 0.3) is 0 Å². The van der Waals surface area contributed by atoms with E-state index in [0.29, 0.717) is 12.5 Å². The molecule has 0 saturated heterocycles. The fourth-order valence-corrected chi connectivity index (χ4v) is 1.63. The fourth-order valence-electron chi connectivity index (χ4n) is 1.63. The van der Waals surface area contributed by atoms with E-state index < -0.39 is 0 Å². The molecular formula is C15H18N2O. The zero-order chi connectivity index (χ0) is 12.8. The third-order valence-corrected chi connectivity index (χ3v) is 2.47. The number of ether oxygens (including phenoxy) is 1. The van der Waals surface area contributed by atoms with Crippen molar-refractivity contribution in [3.63, 3.8) is 0 Å². The van der Waals surface area contributed by atoms with Crippen LogP contribution in [0.2, 0.25) is 0 Å². The van der Waals surface area contributed by atoms with Crippen molar-refractivity contribution in [2.75, 3.05) is 6.61 Å². The van der Waals surface area contributed by atoms with Gasteiger partial charge in [0.15, 0.2) is 0 Å². The third kappa shape index (κ3) is 3.64. The second kappa shape index (κ2) is 6.26. The van der Waals surface area contributed by atoms with E-state index in [-0.39, 0.29) is 0 Å². The fraction of sp³-hybridized carbons (Fsp3) is 0.333. The van der Waals surface area contributed by atoms with Crippen LogP contribution in [0.4, 0.5) is 0 Å². The Hall–Kier alpha value is -1.74. The summed E-state index contributed by atoms with van der Waals surface area (Å²) in [6, 6.07) is 9.90. The van der Waals surface area contributed by atoms with Gasteiger partial charge < -0.3 is 4.74 Å². The number of aromatic nitrogens is 2. The molecule has 3 nitrogen and oxygen atoms in total. The lowest BCUT2D eigenvalue weighted by Crippen LogP contribution is -2.03. The van der Waals surface area contributed by atoms with Gasteiger partial charge in [0.2, 0.25) is 0 Å². The van der Waals surface area contributed by atoms with Crippen LogP contribution >= 0.6 is 0 Å². The maximum atomic E-state index is 5.59. The molecule has 2 heterocycles. The minimum atomic E-state index is 0.548. The lowest BCUT2D eigenvalue weighted by molar-refractivity contribution is 0.0949. The second-order valence-electron chi connectivity index (χ2n) is 4.66. The van der Waals surface area contributed by atoms with E-state index in [2.05, 4.69) is 23.8 Å². The number of hydrogen-bond acceptors (Lipinski definition) is 3. The third-order valence-electron chi connectivity index (χ3n) is 2.47.